The van der Waals surface area contributed by atoms with Gasteiger partial charge in [0.2, 0.25) is 0 Å². The van der Waals surface area contributed by atoms with Crippen molar-refractivity contribution in [2.75, 3.05) is 0 Å². The van der Waals surface area contributed by atoms with E-state index in [0.29, 0.717) is 17.3 Å². The van der Waals surface area contributed by atoms with Gasteiger partial charge in [-0.25, -0.2) is 4.79 Å². The topological polar surface area (TPSA) is 58.6 Å². The summed E-state index contributed by atoms with van der Waals surface area (Å²) in [5.74, 6) is 2.82. The maximum Gasteiger partial charge on any atom is 0.407 e. The van der Waals surface area contributed by atoms with Gasteiger partial charge in [-0.2, -0.15) is 0 Å². The van der Waals surface area contributed by atoms with Crippen molar-refractivity contribution in [3.63, 3.8) is 0 Å². The fourth-order valence-electron chi connectivity index (χ4n) is 8.25. The molecule has 4 fully saturated rings. The van der Waals surface area contributed by atoms with Gasteiger partial charge < -0.3 is 15.2 Å². The number of hydrogen-bond donors (Lipinski definition) is 2. The standard InChI is InChI=1S/C26H43NO3/c1-7-19-22(28)15-21-18-9-8-16-14-17(27-23(29)30-24(2,3)4)10-12-25(16,5)20(18)11-13-26(19,21)6/h7,16-18,20-22,28H,8-15H2,1-6H3,(H,27,29)/b19-7-/t16?,17-,18-,20+,21+,22-,25+,26-/m1/s1. The molecule has 4 heteroatoms. The van der Waals surface area contributed by atoms with E-state index in [2.05, 4.69) is 32.2 Å². The van der Waals surface area contributed by atoms with E-state index in [1.807, 2.05) is 20.8 Å². The maximum absolute atomic E-state index is 12.3. The van der Waals surface area contributed by atoms with Gasteiger partial charge >= 0.3 is 6.09 Å². The van der Waals surface area contributed by atoms with Gasteiger partial charge in [-0.15, -0.1) is 0 Å². The highest BCUT2D eigenvalue weighted by molar-refractivity contribution is 5.68. The second-order valence-corrected chi connectivity index (χ2v) is 12.2. The van der Waals surface area contributed by atoms with Crippen molar-refractivity contribution in [2.24, 2.45) is 34.5 Å². The molecule has 4 aliphatic carbocycles. The van der Waals surface area contributed by atoms with Gasteiger partial charge in [-0.05, 0) is 119 Å². The zero-order valence-electron chi connectivity index (χ0n) is 20.0. The van der Waals surface area contributed by atoms with Crippen molar-refractivity contribution >= 4 is 6.09 Å². The predicted molar refractivity (Wildman–Crippen MR) is 120 cm³/mol. The number of hydrogen-bond acceptors (Lipinski definition) is 3. The Bertz CT molecular complexity index is 710. The maximum atomic E-state index is 12.3. The molecule has 8 atom stereocenters. The van der Waals surface area contributed by atoms with Crippen LogP contribution in [-0.2, 0) is 4.74 Å². The van der Waals surface area contributed by atoms with E-state index in [4.69, 9.17) is 4.74 Å². The van der Waals surface area contributed by atoms with E-state index in [9.17, 15) is 9.90 Å². The first-order valence-corrected chi connectivity index (χ1v) is 12.3. The second-order valence-electron chi connectivity index (χ2n) is 12.2. The molecule has 4 saturated carbocycles. The fraction of sp³-hybridized carbons (Fsp3) is 0.885. The van der Waals surface area contributed by atoms with E-state index in [1.165, 1.54) is 37.7 Å². The van der Waals surface area contributed by atoms with Crippen molar-refractivity contribution in [1.29, 1.82) is 0 Å². The third kappa shape index (κ3) is 3.61. The van der Waals surface area contributed by atoms with Crippen LogP contribution in [0.25, 0.3) is 0 Å². The number of allylic oxidation sites excluding steroid dienone is 1. The molecule has 0 spiro atoms. The molecule has 0 aliphatic heterocycles. The van der Waals surface area contributed by atoms with Crippen LogP contribution in [0.1, 0.15) is 92.9 Å². The van der Waals surface area contributed by atoms with Crippen molar-refractivity contribution in [3.8, 4) is 0 Å². The second kappa shape index (κ2) is 7.53. The third-order valence-electron chi connectivity index (χ3n) is 9.58. The van der Waals surface area contributed by atoms with Crippen molar-refractivity contribution in [2.45, 2.75) is 111 Å². The molecule has 4 aliphatic rings. The van der Waals surface area contributed by atoms with E-state index in [1.54, 1.807) is 0 Å². The summed E-state index contributed by atoms with van der Waals surface area (Å²) in [6.45, 7) is 12.8. The van der Waals surface area contributed by atoms with Gasteiger partial charge in [0.05, 0.1) is 6.10 Å². The number of ether oxygens (including phenoxy) is 1. The van der Waals surface area contributed by atoms with Crippen LogP contribution >= 0.6 is 0 Å². The Morgan fingerprint density at radius 3 is 2.50 bits per heavy atom. The van der Waals surface area contributed by atoms with Gasteiger partial charge in [0.1, 0.15) is 5.60 Å². The lowest BCUT2D eigenvalue weighted by atomic mass is 9.45. The Labute approximate surface area is 183 Å². The molecule has 0 aromatic heterocycles. The highest BCUT2D eigenvalue weighted by atomic mass is 16.6. The SMILES string of the molecule is C/C=C1/[C@H](O)C[C@H]2[C@@H]3CCC4C[C@H](NC(=O)OC(C)(C)C)CC[C@]4(C)[C@H]3CC[C@]12C. The molecular weight excluding hydrogens is 374 g/mol. The molecule has 2 N–H and O–H groups in total. The van der Waals surface area contributed by atoms with Gasteiger partial charge in [0.15, 0.2) is 0 Å². The first-order valence-electron chi connectivity index (χ1n) is 12.3. The molecule has 4 rings (SSSR count). The van der Waals surface area contributed by atoms with Crippen LogP contribution in [0.4, 0.5) is 4.79 Å². The summed E-state index contributed by atoms with van der Waals surface area (Å²) in [5, 5.41) is 13.9. The molecule has 30 heavy (non-hydrogen) atoms. The Balaban J connectivity index is 1.46. The first-order chi connectivity index (χ1) is 14.0. The molecule has 1 amide bonds. The summed E-state index contributed by atoms with van der Waals surface area (Å²) in [4.78, 5) is 12.3. The molecule has 0 saturated heterocycles. The van der Waals surface area contributed by atoms with E-state index >= 15 is 0 Å². The highest BCUT2D eigenvalue weighted by Gasteiger charge is 2.60. The van der Waals surface area contributed by atoms with Gasteiger partial charge in [-0.3, -0.25) is 0 Å². The van der Waals surface area contributed by atoms with Gasteiger partial charge in [0.25, 0.3) is 0 Å². The number of aliphatic hydroxyl groups excluding tert-OH is 1. The van der Waals surface area contributed by atoms with Gasteiger partial charge in [-0.1, -0.05) is 19.9 Å². The summed E-state index contributed by atoms with van der Waals surface area (Å²) in [6.07, 6.45) is 11.1. The molecule has 0 aromatic carbocycles. The molecule has 4 nitrogen and oxygen atoms in total. The fourth-order valence-corrected chi connectivity index (χ4v) is 8.25. The zero-order valence-corrected chi connectivity index (χ0v) is 20.0. The van der Waals surface area contributed by atoms with E-state index < -0.39 is 5.60 Å². The molecule has 0 radical (unpaired) electrons. The average Bonchev–Trinajstić information content (AvgIpc) is 2.90. The number of carbonyl (C=O) groups excluding carboxylic acids is 1. The quantitative estimate of drug-likeness (QED) is 0.527. The Morgan fingerprint density at radius 1 is 1.10 bits per heavy atom. The number of carbonyl (C=O) groups is 1. The molecule has 0 heterocycles. The van der Waals surface area contributed by atoms with Crippen LogP contribution in [0, 0.1) is 34.5 Å². The molecule has 1 unspecified atom stereocenters. The number of rotatable bonds is 1. The number of fused-ring (bicyclic) bond motifs is 5. The number of amides is 1. The van der Waals surface area contributed by atoms with Crippen LogP contribution in [0.15, 0.2) is 11.6 Å². The summed E-state index contributed by atoms with van der Waals surface area (Å²) in [5.41, 5.74) is 1.44. The van der Waals surface area contributed by atoms with Crippen LogP contribution in [-0.4, -0.2) is 28.9 Å². The zero-order chi connectivity index (χ0) is 21.9. The predicted octanol–water partition coefficient (Wildman–Crippen LogP) is 5.84. The number of alkyl carbamates (subject to hydrolysis) is 1. The lowest BCUT2D eigenvalue weighted by molar-refractivity contribution is -0.102. The first kappa shape index (κ1) is 22.2. The highest BCUT2D eigenvalue weighted by Crippen LogP contribution is 2.67. The van der Waals surface area contributed by atoms with E-state index in [-0.39, 0.29) is 23.7 Å². The molecule has 170 valence electrons. The molecule has 0 aromatic rings. The largest absolute Gasteiger partial charge is 0.444 e. The normalized spacial score (nSPS) is 47.2. The van der Waals surface area contributed by atoms with Gasteiger partial charge in [0, 0.05) is 6.04 Å². The minimum Gasteiger partial charge on any atom is -0.444 e. The average molecular weight is 418 g/mol. The van der Waals surface area contributed by atoms with Crippen LogP contribution in [0.5, 0.6) is 0 Å². The summed E-state index contributed by atoms with van der Waals surface area (Å²) < 4.78 is 5.50. The minimum absolute atomic E-state index is 0.202. The molecular formula is C26H43NO3. The monoisotopic (exact) mass is 417 g/mol. The van der Waals surface area contributed by atoms with Crippen LogP contribution < -0.4 is 5.32 Å². The van der Waals surface area contributed by atoms with Crippen molar-refractivity contribution < 1.29 is 14.6 Å². The van der Waals surface area contributed by atoms with Crippen LogP contribution in [0.3, 0.4) is 0 Å². The Hall–Kier alpha value is -1.03. The molecule has 0 bridgehead atoms. The Kier molecular flexibility index (Phi) is 5.57. The summed E-state index contributed by atoms with van der Waals surface area (Å²) in [7, 11) is 0. The Morgan fingerprint density at radius 2 is 1.83 bits per heavy atom. The minimum atomic E-state index is -0.447. The number of nitrogens with one attached hydrogen (secondary N) is 1. The lowest BCUT2D eigenvalue weighted by Crippen LogP contribution is -2.55. The smallest absolute Gasteiger partial charge is 0.407 e. The van der Waals surface area contributed by atoms with Crippen molar-refractivity contribution in [3.05, 3.63) is 11.6 Å². The third-order valence-corrected chi connectivity index (χ3v) is 9.58. The van der Waals surface area contributed by atoms with Crippen molar-refractivity contribution in [1.82, 2.24) is 5.32 Å². The summed E-state index contributed by atoms with van der Waals surface area (Å²) in [6, 6.07) is 0.242. The number of aliphatic hydroxyl groups is 1. The van der Waals surface area contributed by atoms with Crippen LogP contribution in [0.2, 0.25) is 0 Å². The summed E-state index contributed by atoms with van der Waals surface area (Å²) >= 11 is 0. The lowest BCUT2D eigenvalue weighted by Gasteiger charge is -2.60. The van der Waals surface area contributed by atoms with E-state index in [0.717, 1.165) is 31.1 Å².